The summed E-state index contributed by atoms with van der Waals surface area (Å²) in [6, 6.07) is -1.19. The summed E-state index contributed by atoms with van der Waals surface area (Å²) in [7, 11) is 0. The van der Waals surface area contributed by atoms with Crippen molar-refractivity contribution in [3.8, 4) is 0 Å². The van der Waals surface area contributed by atoms with Crippen LogP contribution in [0.3, 0.4) is 0 Å². The number of aromatic nitrogens is 2. The zero-order valence-electron chi connectivity index (χ0n) is 12.8. The summed E-state index contributed by atoms with van der Waals surface area (Å²) in [5.74, 6) is -11.2. The van der Waals surface area contributed by atoms with Crippen LogP contribution in [0.25, 0.3) is 0 Å². The van der Waals surface area contributed by atoms with Crippen LogP contribution in [0, 0.1) is 23.3 Å². The fraction of sp³-hybridized carbons (Fsp3) is 0.286. The van der Waals surface area contributed by atoms with Gasteiger partial charge in [0.2, 0.25) is 5.91 Å². The van der Waals surface area contributed by atoms with Crippen LogP contribution in [0.1, 0.15) is 24.9 Å². The standard InChI is InChI=1S/C14H9ClF7N3O/c1-2-6(25-4-5(15)3-23-25)13(26)24-12-10(18)8(16)7(14(20,21)22)9(17)11(12)19/h3-4,6H,2H2,1H3,(H,24,26). The lowest BCUT2D eigenvalue weighted by atomic mass is 10.1. The number of carbonyl (C=O) groups excluding carboxylic acids is 1. The summed E-state index contributed by atoms with van der Waals surface area (Å²) in [4.78, 5) is 12.1. The van der Waals surface area contributed by atoms with Gasteiger partial charge >= 0.3 is 6.18 Å². The van der Waals surface area contributed by atoms with E-state index in [1.807, 2.05) is 0 Å². The van der Waals surface area contributed by atoms with E-state index in [-0.39, 0.29) is 11.4 Å². The van der Waals surface area contributed by atoms with E-state index in [2.05, 4.69) is 5.10 Å². The molecule has 0 saturated carbocycles. The first-order valence-electron chi connectivity index (χ1n) is 6.92. The molecule has 0 aliphatic rings. The van der Waals surface area contributed by atoms with Crippen LogP contribution in [-0.4, -0.2) is 15.7 Å². The smallest absolute Gasteiger partial charge is 0.319 e. The second-order valence-corrected chi connectivity index (χ2v) is 5.49. The molecule has 0 bridgehead atoms. The van der Waals surface area contributed by atoms with Crippen LogP contribution >= 0.6 is 11.6 Å². The van der Waals surface area contributed by atoms with Gasteiger partial charge in [-0.2, -0.15) is 18.3 Å². The number of carbonyl (C=O) groups is 1. The molecule has 0 saturated heterocycles. The number of amides is 1. The first-order chi connectivity index (χ1) is 12.0. The molecule has 1 aromatic carbocycles. The molecular weight excluding hydrogens is 395 g/mol. The maximum atomic E-state index is 13.8. The van der Waals surface area contributed by atoms with Gasteiger partial charge in [-0.3, -0.25) is 9.48 Å². The molecule has 0 fully saturated rings. The normalized spacial score (nSPS) is 13.0. The first kappa shape index (κ1) is 20.0. The Balaban J connectivity index is 2.45. The molecular formula is C14H9ClF7N3O. The molecule has 1 unspecified atom stereocenters. The minimum absolute atomic E-state index is 0.0265. The topological polar surface area (TPSA) is 46.9 Å². The van der Waals surface area contributed by atoms with E-state index in [1.165, 1.54) is 13.1 Å². The van der Waals surface area contributed by atoms with Gasteiger partial charge in [0.25, 0.3) is 0 Å². The molecule has 0 aliphatic carbocycles. The highest BCUT2D eigenvalue weighted by molar-refractivity contribution is 6.30. The highest BCUT2D eigenvalue weighted by Gasteiger charge is 2.42. The van der Waals surface area contributed by atoms with E-state index >= 15 is 0 Å². The molecule has 2 aromatic rings. The molecule has 0 radical (unpaired) electrons. The van der Waals surface area contributed by atoms with Gasteiger partial charge in [0.15, 0.2) is 23.3 Å². The number of hydrogen-bond donors (Lipinski definition) is 1. The van der Waals surface area contributed by atoms with Crippen LogP contribution in [-0.2, 0) is 11.0 Å². The zero-order valence-corrected chi connectivity index (χ0v) is 13.5. The largest absolute Gasteiger partial charge is 0.422 e. The monoisotopic (exact) mass is 403 g/mol. The van der Waals surface area contributed by atoms with E-state index < -0.39 is 52.6 Å². The van der Waals surface area contributed by atoms with Crippen LogP contribution in [0.2, 0.25) is 5.02 Å². The molecule has 1 aromatic heterocycles. The Morgan fingerprint density at radius 3 is 2.12 bits per heavy atom. The number of halogens is 8. The highest BCUT2D eigenvalue weighted by Crippen LogP contribution is 2.38. The van der Waals surface area contributed by atoms with E-state index in [1.54, 1.807) is 5.32 Å². The van der Waals surface area contributed by atoms with E-state index in [4.69, 9.17) is 11.6 Å². The summed E-state index contributed by atoms with van der Waals surface area (Å²) in [5, 5.41) is 5.41. The van der Waals surface area contributed by atoms with Crippen molar-refractivity contribution in [1.29, 1.82) is 0 Å². The van der Waals surface area contributed by atoms with Crippen LogP contribution in [0.5, 0.6) is 0 Å². The molecule has 1 atom stereocenters. The summed E-state index contributed by atoms with van der Waals surface area (Å²) in [5.41, 5.74) is -4.40. The molecule has 1 N–H and O–H groups in total. The van der Waals surface area contributed by atoms with Gasteiger partial charge in [-0.1, -0.05) is 18.5 Å². The fourth-order valence-corrected chi connectivity index (χ4v) is 2.32. The maximum absolute atomic E-state index is 13.8. The lowest BCUT2D eigenvalue weighted by Crippen LogP contribution is -2.28. The summed E-state index contributed by atoms with van der Waals surface area (Å²) >= 11 is 5.64. The Kier molecular flexibility index (Phi) is 5.49. The average molecular weight is 404 g/mol. The molecule has 2 rings (SSSR count). The number of anilines is 1. The van der Waals surface area contributed by atoms with E-state index in [0.29, 0.717) is 0 Å². The van der Waals surface area contributed by atoms with Gasteiger partial charge in [0.1, 0.15) is 17.3 Å². The minimum atomic E-state index is -5.67. The number of alkyl halides is 3. The van der Waals surface area contributed by atoms with E-state index in [9.17, 15) is 35.5 Å². The van der Waals surface area contributed by atoms with Crippen molar-refractivity contribution in [3.05, 3.63) is 46.2 Å². The summed E-state index contributed by atoms with van der Waals surface area (Å²) in [6.45, 7) is 1.49. The minimum Gasteiger partial charge on any atom is -0.319 e. The van der Waals surface area contributed by atoms with Crippen molar-refractivity contribution in [2.24, 2.45) is 0 Å². The Bertz CT molecular complexity index is 821. The molecule has 0 spiro atoms. The molecule has 12 heteroatoms. The number of hydrogen-bond acceptors (Lipinski definition) is 2. The van der Waals surface area contributed by atoms with Crippen molar-refractivity contribution in [2.75, 3.05) is 5.32 Å². The SMILES string of the molecule is CCC(C(=O)Nc1c(F)c(F)c(C(F)(F)F)c(F)c1F)n1cc(Cl)cn1. The zero-order chi connectivity index (χ0) is 19.8. The average Bonchev–Trinajstić information content (AvgIpc) is 2.95. The number of nitrogens with zero attached hydrogens (tertiary/aromatic N) is 2. The van der Waals surface area contributed by atoms with Crippen LogP contribution in [0.4, 0.5) is 36.4 Å². The second-order valence-electron chi connectivity index (χ2n) is 5.06. The Morgan fingerprint density at radius 2 is 1.73 bits per heavy atom. The predicted octanol–water partition coefficient (Wildman–Crippen LogP) is 4.70. The molecule has 4 nitrogen and oxygen atoms in total. The third kappa shape index (κ3) is 3.62. The molecule has 26 heavy (non-hydrogen) atoms. The molecule has 1 amide bonds. The Hall–Kier alpha value is -2.30. The van der Waals surface area contributed by atoms with Crippen LogP contribution < -0.4 is 5.32 Å². The number of rotatable bonds is 4. The third-order valence-electron chi connectivity index (χ3n) is 3.37. The summed E-state index contributed by atoms with van der Waals surface area (Å²) in [6.07, 6.45) is -3.28. The molecule has 142 valence electrons. The number of nitrogens with one attached hydrogen (secondary N) is 1. The molecule has 0 aliphatic heterocycles. The maximum Gasteiger partial charge on any atom is 0.422 e. The van der Waals surface area contributed by atoms with Gasteiger partial charge in [0, 0.05) is 6.20 Å². The van der Waals surface area contributed by atoms with Gasteiger partial charge in [-0.25, -0.2) is 17.6 Å². The van der Waals surface area contributed by atoms with Crippen molar-refractivity contribution < 1.29 is 35.5 Å². The van der Waals surface area contributed by atoms with E-state index in [0.717, 1.165) is 10.9 Å². The number of benzene rings is 1. The Morgan fingerprint density at radius 1 is 1.19 bits per heavy atom. The first-order valence-corrected chi connectivity index (χ1v) is 7.30. The quantitative estimate of drug-likeness (QED) is 0.594. The van der Waals surface area contributed by atoms with Crippen molar-refractivity contribution >= 4 is 23.2 Å². The third-order valence-corrected chi connectivity index (χ3v) is 3.57. The second kappa shape index (κ2) is 7.14. The van der Waals surface area contributed by atoms with Gasteiger partial charge in [-0.15, -0.1) is 0 Å². The lowest BCUT2D eigenvalue weighted by molar-refractivity contribution is -0.143. The highest BCUT2D eigenvalue weighted by atomic mass is 35.5. The van der Waals surface area contributed by atoms with Gasteiger partial charge in [0.05, 0.1) is 11.2 Å². The summed E-state index contributed by atoms with van der Waals surface area (Å²) < 4.78 is 93.5. The lowest BCUT2D eigenvalue weighted by Gasteiger charge is -2.18. The van der Waals surface area contributed by atoms with Crippen LogP contribution in [0.15, 0.2) is 12.4 Å². The van der Waals surface area contributed by atoms with Gasteiger partial charge < -0.3 is 5.32 Å². The predicted molar refractivity (Wildman–Crippen MR) is 76.5 cm³/mol. The van der Waals surface area contributed by atoms with Gasteiger partial charge in [-0.05, 0) is 6.42 Å². The van der Waals surface area contributed by atoms with Crippen molar-refractivity contribution in [3.63, 3.8) is 0 Å². The Labute approximate surface area is 146 Å². The van der Waals surface area contributed by atoms with Crippen molar-refractivity contribution in [2.45, 2.75) is 25.6 Å². The molecule has 1 heterocycles. The fourth-order valence-electron chi connectivity index (χ4n) is 2.17. The van der Waals surface area contributed by atoms with Crippen molar-refractivity contribution in [1.82, 2.24) is 9.78 Å².